The van der Waals surface area contributed by atoms with Crippen molar-refractivity contribution in [2.24, 2.45) is 11.8 Å². The van der Waals surface area contributed by atoms with Crippen molar-refractivity contribution in [3.8, 4) is 0 Å². The van der Waals surface area contributed by atoms with E-state index in [-0.39, 0.29) is 29.9 Å². The number of carbonyl (C=O) groups is 2. The zero-order chi connectivity index (χ0) is 28.2. The SMILES string of the molecule is CC(=O)NC1CN(c2nc3ccccc3n(C3CC4CCCC(C3)N4C3CC4CCCCC(C4)C3)c2=O)C1C(=O)O. The summed E-state index contributed by atoms with van der Waals surface area (Å²) in [5.41, 5.74) is 1.32. The van der Waals surface area contributed by atoms with Crippen molar-refractivity contribution >= 4 is 28.7 Å². The van der Waals surface area contributed by atoms with Gasteiger partial charge in [-0.15, -0.1) is 0 Å². The van der Waals surface area contributed by atoms with Crippen LogP contribution in [0.1, 0.15) is 90.0 Å². The molecule has 220 valence electrons. The smallest absolute Gasteiger partial charge is 0.328 e. The van der Waals surface area contributed by atoms with Gasteiger partial charge >= 0.3 is 5.97 Å². The van der Waals surface area contributed by atoms with Crippen molar-refractivity contribution in [1.82, 2.24) is 19.8 Å². The van der Waals surface area contributed by atoms with E-state index in [0.717, 1.165) is 30.2 Å². The molecule has 3 aliphatic heterocycles. The third-order valence-electron chi connectivity index (χ3n) is 10.9. The lowest BCUT2D eigenvalue weighted by molar-refractivity contribution is -0.141. The molecule has 5 fully saturated rings. The van der Waals surface area contributed by atoms with Crippen LogP contribution in [0, 0.1) is 11.8 Å². The number of carboxylic acid groups (broad SMARTS) is 1. The first kappa shape index (κ1) is 26.9. The first-order chi connectivity index (χ1) is 19.9. The topological polar surface area (TPSA) is 108 Å². The van der Waals surface area contributed by atoms with Gasteiger partial charge < -0.3 is 19.9 Å². The Hall–Kier alpha value is -2.94. The van der Waals surface area contributed by atoms with Gasteiger partial charge in [0.15, 0.2) is 11.9 Å². The first-order valence-corrected chi connectivity index (χ1v) is 15.9. The molecule has 2 N–H and O–H groups in total. The van der Waals surface area contributed by atoms with Crippen molar-refractivity contribution < 1.29 is 14.7 Å². The van der Waals surface area contributed by atoms with Crippen molar-refractivity contribution in [2.75, 3.05) is 11.4 Å². The molecule has 7 rings (SSSR count). The number of aliphatic carboxylic acids is 1. The average molecular weight is 562 g/mol. The number of carboxylic acids is 1. The molecule has 1 amide bonds. The summed E-state index contributed by atoms with van der Waals surface area (Å²) >= 11 is 0. The Kier molecular flexibility index (Phi) is 7.04. The molecule has 6 unspecified atom stereocenters. The number of nitrogens with zero attached hydrogens (tertiary/aromatic N) is 4. The number of para-hydroxylation sites is 2. The zero-order valence-electron chi connectivity index (χ0n) is 24.1. The van der Waals surface area contributed by atoms with E-state index in [1.807, 2.05) is 28.8 Å². The van der Waals surface area contributed by atoms with Gasteiger partial charge in [0.2, 0.25) is 5.91 Å². The molecule has 4 heterocycles. The largest absolute Gasteiger partial charge is 0.480 e. The molecule has 1 aromatic heterocycles. The number of nitrogens with one attached hydrogen (secondary N) is 1. The number of hydrogen-bond donors (Lipinski definition) is 2. The van der Waals surface area contributed by atoms with Crippen LogP contribution in [0.4, 0.5) is 5.82 Å². The Morgan fingerprint density at radius 2 is 1.56 bits per heavy atom. The van der Waals surface area contributed by atoms with Crippen LogP contribution in [0.25, 0.3) is 11.0 Å². The minimum atomic E-state index is -1.06. The Morgan fingerprint density at radius 1 is 0.878 bits per heavy atom. The third-order valence-corrected chi connectivity index (χ3v) is 10.9. The van der Waals surface area contributed by atoms with Gasteiger partial charge in [0.1, 0.15) is 0 Å². The molecule has 3 saturated heterocycles. The molecular formula is C32H43N5O4. The van der Waals surface area contributed by atoms with Crippen molar-refractivity contribution in [3.63, 3.8) is 0 Å². The molecule has 4 bridgehead atoms. The van der Waals surface area contributed by atoms with Gasteiger partial charge in [-0.1, -0.05) is 44.2 Å². The quantitative estimate of drug-likeness (QED) is 0.566. The summed E-state index contributed by atoms with van der Waals surface area (Å²) in [5, 5.41) is 12.7. The van der Waals surface area contributed by atoms with Gasteiger partial charge in [-0.2, -0.15) is 0 Å². The highest BCUT2D eigenvalue weighted by Gasteiger charge is 2.48. The van der Waals surface area contributed by atoms with Crippen LogP contribution in [-0.2, 0) is 9.59 Å². The van der Waals surface area contributed by atoms with Crippen LogP contribution < -0.4 is 15.8 Å². The number of benzene rings is 1. The second kappa shape index (κ2) is 10.7. The molecular weight excluding hydrogens is 518 g/mol. The second-order valence-corrected chi connectivity index (χ2v) is 13.5. The maximum atomic E-state index is 14.3. The number of hydrogen-bond acceptors (Lipinski definition) is 6. The number of rotatable bonds is 5. The van der Waals surface area contributed by atoms with Crippen LogP contribution in [0.15, 0.2) is 29.1 Å². The van der Waals surface area contributed by atoms with Crippen molar-refractivity contribution in [1.29, 1.82) is 0 Å². The molecule has 1 aromatic carbocycles. The van der Waals surface area contributed by atoms with E-state index in [1.165, 1.54) is 71.1 Å². The van der Waals surface area contributed by atoms with Crippen molar-refractivity contribution in [2.45, 2.75) is 120 Å². The predicted octanol–water partition coefficient (Wildman–Crippen LogP) is 4.09. The van der Waals surface area contributed by atoms with Crippen LogP contribution in [-0.4, -0.2) is 68.2 Å². The maximum absolute atomic E-state index is 14.3. The molecule has 2 aromatic rings. The lowest BCUT2D eigenvalue weighted by Gasteiger charge is -2.54. The van der Waals surface area contributed by atoms with Gasteiger partial charge in [0.25, 0.3) is 5.56 Å². The van der Waals surface area contributed by atoms with Gasteiger partial charge in [0.05, 0.1) is 17.1 Å². The van der Waals surface area contributed by atoms with E-state index in [4.69, 9.17) is 4.98 Å². The van der Waals surface area contributed by atoms with Crippen molar-refractivity contribution in [3.05, 3.63) is 34.6 Å². The molecule has 0 spiro atoms. The number of amides is 1. The highest BCUT2D eigenvalue weighted by molar-refractivity contribution is 5.85. The fourth-order valence-electron chi connectivity index (χ4n) is 9.41. The fourth-order valence-corrected chi connectivity index (χ4v) is 9.41. The highest BCUT2D eigenvalue weighted by Crippen LogP contribution is 2.47. The average Bonchev–Trinajstić information content (AvgIpc) is 3.08. The lowest BCUT2D eigenvalue weighted by atomic mass is 9.73. The third kappa shape index (κ3) is 4.84. The summed E-state index contributed by atoms with van der Waals surface area (Å²) in [5.74, 6) is 0.608. The predicted molar refractivity (Wildman–Crippen MR) is 157 cm³/mol. The summed E-state index contributed by atoms with van der Waals surface area (Å²) < 4.78 is 1.95. The van der Waals surface area contributed by atoms with Crippen LogP contribution in [0.2, 0.25) is 0 Å². The second-order valence-electron chi connectivity index (χ2n) is 13.5. The molecule has 9 heteroatoms. The summed E-state index contributed by atoms with van der Waals surface area (Å²) in [4.78, 5) is 47.3. The van der Waals surface area contributed by atoms with Gasteiger partial charge in [-0.3, -0.25) is 14.5 Å². The number of anilines is 1. The minimum Gasteiger partial charge on any atom is -0.480 e. The van der Waals surface area contributed by atoms with E-state index >= 15 is 0 Å². The van der Waals surface area contributed by atoms with Crippen LogP contribution >= 0.6 is 0 Å². The number of fused-ring (bicyclic) bond motifs is 5. The molecule has 9 nitrogen and oxygen atoms in total. The maximum Gasteiger partial charge on any atom is 0.328 e. The molecule has 5 aliphatic rings. The Labute approximate surface area is 241 Å². The standard InChI is InChI=1S/C32H43N5O4/c1-19(38)33-27-18-35(29(27)32(40)41)30-31(39)37(28-12-5-4-11-26(28)34-30)25-16-22-9-6-10-23(17-25)36(22)24-14-20-7-2-3-8-21(13-20)15-24/h4-5,11-12,20-25,27,29H,2-3,6-10,13-18H2,1H3,(H,33,38)(H,40,41). The van der Waals surface area contributed by atoms with Crippen LogP contribution in [0.5, 0.6) is 0 Å². The molecule has 2 saturated carbocycles. The van der Waals surface area contributed by atoms with Gasteiger partial charge in [-0.05, 0) is 68.9 Å². The summed E-state index contributed by atoms with van der Waals surface area (Å²) in [6.07, 6.45) is 15.3. The highest BCUT2D eigenvalue weighted by atomic mass is 16.4. The molecule has 6 atom stereocenters. The van der Waals surface area contributed by atoms with E-state index in [9.17, 15) is 19.5 Å². The fraction of sp³-hybridized carbons (Fsp3) is 0.688. The molecule has 2 aliphatic carbocycles. The number of piperidine rings is 2. The van der Waals surface area contributed by atoms with E-state index < -0.39 is 18.1 Å². The van der Waals surface area contributed by atoms with E-state index in [0.29, 0.717) is 23.6 Å². The zero-order valence-corrected chi connectivity index (χ0v) is 24.1. The van der Waals surface area contributed by atoms with Gasteiger partial charge in [-0.25, -0.2) is 9.78 Å². The Morgan fingerprint density at radius 3 is 2.22 bits per heavy atom. The van der Waals surface area contributed by atoms with Crippen LogP contribution in [0.3, 0.4) is 0 Å². The summed E-state index contributed by atoms with van der Waals surface area (Å²) in [7, 11) is 0. The summed E-state index contributed by atoms with van der Waals surface area (Å²) in [6, 6.07) is 7.91. The van der Waals surface area contributed by atoms with E-state index in [2.05, 4.69) is 10.2 Å². The Balaban J connectivity index is 1.21. The number of aromatic nitrogens is 2. The minimum absolute atomic E-state index is 0.0577. The Bertz CT molecular complexity index is 1360. The lowest BCUT2D eigenvalue weighted by Crippen LogP contribution is -2.71. The monoisotopic (exact) mass is 561 g/mol. The normalized spacial score (nSPS) is 35.4. The summed E-state index contributed by atoms with van der Waals surface area (Å²) in [6.45, 7) is 1.64. The molecule has 41 heavy (non-hydrogen) atoms. The van der Waals surface area contributed by atoms with E-state index in [1.54, 1.807) is 4.90 Å². The van der Waals surface area contributed by atoms with Gasteiger partial charge in [0, 0.05) is 37.6 Å². The molecule has 0 radical (unpaired) electrons. The number of carbonyl (C=O) groups excluding carboxylic acids is 1. The first-order valence-electron chi connectivity index (χ1n) is 15.9.